The maximum Gasteiger partial charge on any atom is 0.407 e. The number of ether oxygens (including phenoxy) is 1. The molecule has 2 aromatic heterocycles. The number of nitrogens with one attached hydrogen (secondary N) is 1. The van der Waals surface area contributed by atoms with Crippen molar-refractivity contribution >= 4 is 6.09 Å². The zero-order valence-electron chi connectivity index (χ0n) is 19.4. The number of nitrogens with zero attached hydrogens (tertiary/aromatic N) is 4. The first-order valence-electron chi connectivity index (χ1n) is 10.6. The van der Waals surface area contributed by atoms with Gasteiger partial charge < -0.3 is 10.1 Å². The van der Waals surface area contributed by atoms with Crippen molar-refractivity contribution in [1.82, 2.24) is 25.1 Å². The van der Waals surface area contributed by atoms with E-state index in [2.05, 4.69) is 34.2 Å². The van der Waals surface area contributed by atoms with Gasteiger partial charge in [0.15, 0.2) is 0 Å². The van der Waals surface area contributed by atoms with Crippen LogP contribution in [0, 0.1) is 12.7 Å². The standard InChI is InChI=1S/C24H30FN5O2/c1-15(2)30-14-19(13-28-30)22-16(3)11-26-21(29-22)10-18-8-7-17(9-20(18)25)12-27-23(31)32-24(4,5)6/h7-9,11,13-15H,10,12H2,1-6H3,(H,27,31). The van der Waals surface area contributed by atoms with Crippen LogP contribution in [-0.4, -0.2) is 31.4 Å². The van der Waals surface area contributed by atoms with E-state index in [1.165, 1.54) is 6.07 Å². The summed E-state index contributed by atoms with van der Waals surface area (Å²) in [5, 5.41) is 7.01. The third-order valence-electron chi connectivity index (χ3n) is 4.73. The number of rotatable bonds is 6. The molecule has 1 aromatic carbocycles. The highest BCUT2D eigenvalue weighted by atomic mass is 19.1. The van der Waals surface area contributed by atoms with E-state index in [-0.39, 0.29) is 24.8 Å². The Bertz CT molecular complexity index is 1100. The van der Waals surface area contributed by atoms with Gasteiger partial charge in [0.05, 0.1) is 11.9 Å². The Morgan fingerprint density at radius 3 is 2.62 bits per heavy atom. The Kier molecular flexibility index (Phi) is 6.91. The summed E-state index contributed by atoms with van der Waals surface area (Å²) in [7, 11) is 0. The molecular formula is C24H30FN5O2. The number of amides is 1. The molecule has 1 N–H and O–H groups in total. The summed E-state index contributed by atoms with van der Waals surface area (Å²) in [6, 6.07) is 5.13. The normalized spacial score (nSPS) is 11.6. The number of hydrogen-bond donors (Lipinski definition) is 1. The Balaban J connectivity index is 1.71. The van der Waals surface area contributed by atoms with E-state index in [1.807, 2.05) is 17.8 Å². The zero-order chi connectivity index (χ0) is 23.5. The number of aromatic nitrogens is 4. The number of carbonyl (C=O) groups excluding carboxylic acids is 1. The van der Waals surface area contributed by atoms with Crippen molar-refractivity contribution in [3.05, 3.63) is 65.1 Å². The van der Waals surface area contributed by atoms with Gasteiger partial charge in [0, 0.05) is 37.0 Å². The molecule has 0 saturated carbocycles. The second-order valence-corrected chi connectivity index (χ2v) is 9.08. The van der Waals surface area contributed by atoms with Crippen molar-refractivity contribution in [2.75, 3.05) is 0 Å². The van der Waals surface area contributed by atoms with E-state index in [0.29, 0.717) is 17.0 Å². The van der Waals surface area contributed by atoms with Crippen LogP contribution in [0.5, 0.6) is 0 Å². The molecule has 3 rings (SSSR count). The van der Waals surface area contributed by atoms with Gasteiger partial charge in [-0.1, -0.05) is 12.1 Å². The molecule has 0 aliphatic rings. The molecule has 0 spiro atoms. The Morgan fingerprint density at radius 1 is 1.25 bits per heavy atom. The fourth-order valence-electron chi connectivity index (χ4n) is 3.10. The monoisotopic (exact) mass is 439 g/mol. The molecule has 0 saturated heterocycles. The van der Waals surface area contributed by atoms with Crippen LogP contribution in [0.2, 0.25) is 0 Å². The molecule has 8 heteroatoms. The predicted molar refractivity (Wildman–Crippen MR) is 121 cm³/mol. The molecule has 0 bridgehead atoms. The largest absolute Gasteiger partial charge is 0.444 e. The van der Waals surface area contributed by atoms with Crippen LogP contribution in [-0.2, 0) is 17.7 Å². The van der Waals surface area contributed by atoms with Crippen molar-refractivity contribution in [2.24, 2.45) is 0 Å². The minimum Gasteiger partial charge on any atom is -0.444 e. The summed E-state index contributed by atoms with van der Waals surface area (Å²) < 4.78 is 21.8. The predicted octanol–water partition coefficient (Wildman–Crippen LogP) is 4.98. The highest BCUT2D eigenvalue weighted by Crippen LogP contribution is 2.22. The third-order valence-corrected chi connectivity index (χ3v) is 4.73. The molecule has 0 fully saturated rings. The maximum absolute atomic E-state index is 14.7. The molecule has 32 heavy (non-hydrogen) atoms. The van der Waals surface area contributed by atoms with Crippen LogP contribution < -0.4 is 5.32 Å². The molecule has 0 unspecified atom stereocenters. The van der Waals surface area contributed by atoms with Crippen molar-refractivity contribution in [3.8, 4) is 11.3 Å². The van der Waals surface area contributed by atoms with E-state index in [9.17, 15) is 9.18 Å². The number of halogens is 1. The molecule has 2 heterocycles. The van der Waals surface area contributed by atoms with Crippen molar-refractivity contribution in [1.29, 1.82) is 0 Å². The summed E-state index contributed by atoms with van der Waals surface area (Å²) in [6.45, 7) is 11.6. The SMILES string of the molecule is Cc1cnc(Cc2ccc(CNC(=O)OC(C)(C)C)cc2F)nc1-c1cnn(C(C)C)c1. The minimum atomic E-state index is -0.584. The van der Waals surface area contributed by atoms with Crippen molar-refractivity contribution in [2.45, 2.75) is 66.2 Å². The lowest BCUT2D eigenvalue weighted by atomic mass is 10.1. The minimum absolute atomic E-state index is 0.178. The smallest absolute Gasteiger partial charge is 0.407 e. The van der Waals surface area contributed by atoms with Crippen LogP contribution in [0.1, 0.15) is 63.2 Å². The van der Waals surface area contributed by atoms with Crippen molar-refractivity contribution < 1.29 is 13.9 Å². The molecule has 1 amide bonds. The number of aryl methyl sites for hydroxylation is 1. The Hall–Kier alpha value is -3.29. The van der Waals surface area contributed by atoms with Gasteiger partial charge in [-0.05, 0) is 64.3 Å². The summed E-state index contributed by atoms with van der Waals surface area (Å²) in [5.74, 6) is 0.160. The first-order valence-corrected chi connectivity index (χ1v) is 10.6. The van der Waals surface area contributed by atoms with Gasteiger partial charge in [-0.15, -0.1) is 0 Å². The molecule has 0 aliphatic heterocycles. The highest BCUT2D eigenvalue weighted by Gasteiger charge is 2.16. The average Bonchev–Trinajstić information content (AvgIpc) is 3.19. The third kappa shape index (κ3) is 6.12. The van der Waals surface area contributed by atoms with Gasteiger partial charge in [0.1, 0.15) is 17.2 Å². The van der Waals surface area contributed by atoms with Crippen LogP contribution >= 0.6 is 0 Å². The molecule has 0 radical (unpaired) electrons. The first-order chi connectivity index (χ1) is 15.0. The average molecular weight is 440 g/mol. The van der Waals surface area contributed by atoms with Crippen LogP contribution in [0.4, 0.5) is 9.18 Å². The molecule has 170 valence electrons. The van der Waals surface area contributed by atoms with Crippen LogP contribution in [0.15, 0.2) is 36.8 Å². The number of benzene rings is 1. The van der Waals surface area contributed by atoms with Gasteiger partial charge in [-0.2, -0.15) is 5.10 Å². The molecular weight excluding hydrogens is 409 g/mol. The van der Waals surface area contributed by atoms with Gasteiger partial charge in [-0.3, -0.25) is 4.68 Å². The number of carbonyl (C=O) groups is 1. The van der Waals surface area contributed by atoms with Gasteiger partial charge >= 0.3 is 6.09 Å². The number of alkyl carbamates (subject to hydrolysis) is 1. The summed E-state index contributed by atoms with van der Waals surface area (Å²) in [4.78, 5) is 20.8. The molecule has 7 nitrogen and oxygen atoms in total. The second kappa shape index (κ2) is 9.46. The van der Waals surface area contributed by atoms with E-state index in [4.69, 9.17) is 4.74 Å². The second-order valence-electron chi connectivity index (χ2n) is 9.08. The lowest BCUT2D eigenvalue weighted by Crippen LogP contribution is -2.32. The summed E-state index contributed by atoms with van der Waals surface area (Å²) in [6.07, 6.45) is 5.21. The quantitative estimate of drug-likeness (QED) is 0.585. The fourth-order valence-corrected chi connectivity index (χ4v) is 3.10. The Morgan fingerprint density at radius 2 is 2.00 bits per heavy atom. The van der Waals surface area contributed by atoms with Crippen LogP contribution in [0.3, 0.4) is 0 Å². The zero-order valence-corrected chi connectivity index (χ0v) is 19.4. The maximum atomic E-state index is 14.7. The highest BCUT2D eigenvalue weighted by molar-refractivity contribution is 5.67. The lowest BCUT2D eigenvalue weighted by Gasteiger charge is -2.19. The topological polar surface area (TPSA) is 81.9 Å². The van der Waals surface area contributed by atoms with Gasteiger partial charge in [-0.25, -0.2) is 19.2 Å². The summed E-state index contributed by atoms with van der Waals surface area (Å²) >= 11 is 0. The van der Waals surface area contributed by atoms with E-state index in [0.717, 1.165) is 16.8 Å². The fraction of sp³-hybridized carbons (Fsp3) is 0.417. The lowest BCUT2D eigenvalue weighted by molar-refractivity contribution is 0.0523. The first kappa shape index (κ1) is 23.4. The molecule has 3 aromatic rings. The van der Waals surface area contributed by atoms with E-state index < -0.39 is 11.7 Å². The van der Waals surface area contributed by atoms with Crippen molar-refractivity contribution in [3.63, 3.8) is 0 Å². The van der Waals surface area contributed by atoms with Gasteiger partial charge in [0.2, 0.25) is 0 Å². The number of hydrogen-bond acceptors (Lipinski definition) is 5. The molecule has 0 aliphatic carbocycles. The van der Waals surface area contributed by atoms with E-state index in [1.54, 1.807) is 45.3 Å². The van der Waals surface area contributed by atoms with E-state index >= 15 is 0 Å². The summed E-state index contributed by atoms with van der Waals surface area (Å²) in [5.41, 5.74) is 3.17. The molecule has 0 atom stereocenters. The van der Waals surface area contributed by atoms with Crippen LogP contribution in [0.25, 0.3) is 11.3 Å². The Labute approximate surface area is 188 Å². The van der Waals surface area contributed by atoms with Gasteiger partial charge in [0.25, 0.3) is 0 Å².